The van der Waals surface area contributed by atoms with Crippen molar-refractivity contribution in [1.29, 1.82) is 0 Å². The minimum absolute atomic E-state index is 0.262. The zero-order chi connectivity index (χ0) is 20.8. The quantitative estimate of drug-likeness (QED) is 0.184. The molecule has 0 spiro atoms. The lowest BCUT2D eigenvalue weighted by molar-refractivity contribution is -0.143. The van der Waals surface area contributed by atoms with E-state index >= 15 is 0 Å². The molecule has 7 N–H and O–H groups in total. The molecule has 0 aromatic rings. The van der Waals surface area contributed by atoms with Crippen LogP contribution in [0.3, 0.4) is 0 Å². The Morgan fingerprint density at radius 1 is 0.963 bits per heavy atom. The molecule has 0 aromatic carbocycles. The Bertz CT molecular complexity index is 509. The smallest absolute Gasteiger partial charge is 0.328 e. The summed E-state index contributed by atoms with van der Waals surface area (Å²) < 4.78 is 0. The second-order valence-corrected chi connectivity index (χ2v) is 7.56. The number of carbonyl (C=O) groups is 4. The molecular weight excluding hydrogens is 396 g/mol. The van der Waals surface area contributed by atoms with Crippen LogP contribution in [0, 0.1) is 0 Å². The summed E-state index contributed by atoms with van der Waals surface area (Å²) in [5, 5.41) is 24.9. The van der Waals surface area contributed by atoms with Crippen LogP contribution in [0.4, 0.5) is 0 Å². The molecule has 27 heavy (non-hydrogen) atoms. The van der Waals surface area contributed by atoms with Crippen molar-refractivity contribution < 1.29 is 29.4 Å². The number of carboxylic acids is 1. The summed E-state index contributed by atoms with van der Waals surface area (Å²) in [4.78, 5) is 46.9. The van der Waals surface area contributed by atoms with Crippen LogP contribution in [-0.4, -0.2) is 89.2 Å². The molecule has 0 fully saturated rings. The zero-order valence-electron chi connectivity index (χ0n) is 15.4. The third-order valence-corrected chi connectivity index (χ3v) is 4.74. The Morgan fingerprint density at radius 2 is 1.56 bits per heavy atom. The van der Waals surface area contributed by atoms with Crippen LogP contribution in [0.1, 0.15) is 12.8 Å². The molecule has 0 aromatic heterocycles. The molecule has 156 valence electrons. The van der Waals surface area contributed by atoms with E-state index in [1.165, 1.54) is 11.8 Å². The number of carbonyl (C=O) groups excluding carboxylic acids is 3. The molecule has 3 unspecified atom stereocenters. The number of amides is 3. The summed E-state index contributed by atoms with van der Waals surface area (Å²) in [6.45, 7) is -1.12. The average Bonchev–Trinajstić information content (AvgIpc) is 2.64. The van der Waals surface area contributed by atoms with E-state index < -0.39 is 48.4 Å². The minimum Gasteiger partial charge on any atom is -0.480 e. The number of hydrogen-bond acceptors (Lipinski definition) is 8. The first-order chi connectivity index (χ1) is 12.8. The monoisotopic (exact) mass is 424 g/mol. The fourth-order valence-corrected chi connectivity index (χ4v) is 2.84. The number of carboxylic acid groups (broad SMARTS) is 1. The molecule has 3 atom stereocenters. The van der Waals surface area contributed by atoms with Gasteiger partial charge in [0.25, 0.3) is 0 Å². The molecule has 0 bridgehead atoms. The number of aliphatic hydroxyl groups is 1. The summed E-state index contributed by atoms with van der Waals surface area (Å²) >= 11 is 3.00. The Morgan fingerprint density at radius 3 is 2.07 bits per heavy atom. The Labute approximate surface area is 166 Å². The van der Waals surface area contributed by atoms with Crippen LogP contribution >= 0.6 is 23.5 Å². The number of thioether (sulfide) groups is 2. The fraction of sp³-hybridized carbons (Fsp3) is 0.733. The lowest BCUT2D eigenvalue weighted by Crippen LogP contribution is -2.54. The highest BCUT2D eigenvalue weighted by Crippen LogP contribution is 2.02. The molecule has 0 aliphatic rings. The summed E-state index contributed by atoms with van der Waals surface area (Å²) in [7, 11) is 0. The predicted octanol–water partition coefficient (Wildman–Crippen LogP) is -2.02. The van der Waals surface area contributed by atoms with Gasteiger partial charge in [0.2, 0.25) is 17.7 Å². The van der Waals surface area contributed by atoms with Gasteiger partial charge in [0.05, 0.1) is 19.2 Å². The number of nitrogens with one attached hydrogen (secondary N) is 3. The highest BCUT2D eigenvalue weighted by Gasteiger charge is 2.26. The van der Waals surface area contributed by atoms with Gasteiger partial charge in [-0.05, 0) is 36.9 Å². The fourth-order valence-electron chi connectivity index (χ4n) is 1.88. The molecule has 0 aliphatic heterocycles. The molecule has 12 heteroatoms. The Balaban J connectivity index is 4.65. The summed E-state index contributed by atoms with van der Waals surface area (Å²) in [5.74, 6) is -1.91. The van der Waals surface area contributed by atoms with Gasteiger partial charge in [0.1, 0.15) is 12.1 Å². The first kappa shape index (κ1) is 25.5. The highest BCUT2D eigenvalue weighted by atomic mass is 32.2. The van der Waals surface area contributed by atoms with Crippen molar-refractivity contribution in [3.63, 3.8) is 0 Å². The number of aliphatic carboxylic acids is 1. The van der Waals surface area contributed by atoms with E-state index in [2.05, 4.69) is 16.0 Å². The summed E-state index contributed by atoms with van der Waals surface area (Å²) in [5.41, 5.74) is 5.70. The second kappa shape index (κ2) is 14.5. The van der Waals surface area contributed by atoms with Crippen LogP contribution < -0.4 is 21.7 Å². The molecule has 3 amide bonds. The highest BCUT2D eigenvalue weighted by molar-refractivity contribution is 7.98. The van der Waals surface area contributed by atoms with Gasteiger partial charge >= 0.3 is 5.97 Å². The standard InChI is InChI=1S/C15H28N4O6S2/c1-26-5-3-9(16)13(22)17-7-12(21)18-10(4-6-27-2)14(23)19-11(8-20)15(24)25/h9-11,20H,3-8,16H2,1-2H3,(H,17,22)(H,18,21)(H,19,23)(H,24,25). The van der Waals surface area contributed by atoms with Gasteiger partial charge in [-0.2, -0.15) is 23.5 Å². The number of aliphatic hydroxyl groups excluding tert-OH is 1. The second-order valence-electron chi connectivity index (χ2n) is 5.59. The molecule has 0 heterocycles. The maximum absolute atomic E-state index is 12.2. The Hall–Kier alpha value is -1.50. The van der Waals surface area contributed by atoms with E-state index in [1.54, 1.807) is 11.8 Å². The van der Waals surface area contributed by atoms with E-state index in [9.17, 15) is 19.2 Å². The van der Waals surface area contributed by atoms with Gasteiger partial charge < -0.3 is 31.9 Å². The topological polar surface area (TPSA) is 171 Å². The molecule has 0 radical (unpaired) electrons. The lowest BCUT2D eigenvalue weighted by Gasteiger charge is -2.20. The predicted molar refractivity (Wildman–Crippen MR) is 106 cm³/mol. The van der Waals surface area contributed by atoms with Crippen LogP contribution in [-0.2, 0) is 19.2 Å². The summed E-state index contributed by atoms with van der Waals surface area (Å²) in [6.07, 6.45) is 4.45. The zero-order valence-corrected chi connectivity index (χ0v) is 17.0. The van der Waals surface area contributed by atoms with Crippen molar-refractivity contribution in [2.24, 2.45) is 5.73 Å². The number of hydrogen-bond donors (Lipinski definition) is 6. The Kier molecular flexibility index (Phi) is 13.7. The van der Waals surface area contributed by atoms with E-state index in [-0.39, 0.29) is 13.0 Å². The normalized spacial score (nSPS) is 13.9. The molecule has 0 aliphatic carbocycles. The molecular formula is C15H28N4O6S2. The van der Waals surface area contributed by atoms with Crippen molar-refractivity contribution in [3.8, 4) is 0 Å². The lowest BCUT2D eigenvalue weighted by atomic mass is 10.2. The van der Waals surface area contributed by atoms with Crippen molar-refractivity contribution >= 4 is 47.2 Å². The first-order valence-electron chi connectivity index (χ1n) is 8.21. The van der Waals surface area contributed by atoms with Gasteiger partial charge in [-0.3, -0.25) is 14.4 Å². The van der Waals surface area contributed by atoms with E-state index in [1.807, 2.05) is 12.5 Å². The maximum atomic E-state index is 12.2. The van der Waals surface area contributed by atoms with Crippen molar-refractivity contribution in [2.75, 3.05) is 37.2 Å². The number of nitrogens with two attached hydrogens (primary N) is 1. The molecule has 0 rings (SSSR count). The van der Waals surface area contributed by atoms with Crippen molar-refractivity contribution in [1.82, 2.24) is 16.0 Å². The average molecular weight is 425 g/mol. The summed E-state index contributed by atoms with van der Waals surface area (Å²) in [6, 6.07) is -3.16. The van der Waals surface area contributed by atoms with E-state index in [0.29, 0.717) is 17.9 Å². The number of rotatable bonds is 14. The van der Waals surface area contributed by atoms with Gasteiger partial charge in [0.15, 0.2) is 0 Å². The third-order valence-electron chi connectivity index (χ3n) is 3.45. The van der Waals surface area contributed by atoms with Crippen molar-refractivity contribution in [3.05, 3.63) is 0 Å². The van der Waals surface area contributed by atoms with E-state index in [4.69, 9.17) is 15.9 Å². The third kappa shape index (κ3) is 11.1. The van der Waals surface area contributed by atoms with Crippen LogP contribution in [0.5, 0.6) is 0 Å². The van der Waals surface area contributed by atoms with Gasteiger partial charge in [-0.1, -0.05) is 0 Å². The molecule has 0 saturated carbocycles. The van der Waals surface area contributed by atoms with Gasteiger partial charge in [-0.15, -0.1) is 0 Å². The van der Waals surface area contributed by atoms with E-state index in [0.717, 1.165) is 0 Å². The largest absolute Gasteiger partial charge is 0.480 e. The van der Waals surface area contributed by atoms with Crippen molar-refractivity contribution in [2.45, 2.75) is 31.0 Å². The minimum atomic E-state index is -1.46. The molecule has 10 nitrogen and oxygen atoms in total. The van der Waals surface area contributed by atoms with Crippen LogP contribution in [0.15, 0.2) is 0 Å². The van der Waals surface area contributed by atoms with Crippen LogP contribution in [0.2, 0.25) is 0 Å². The first-order valence-corrected chi connectivity index (χ1v) is 11.0. The van der Waals surface area contributed by atoms with Crippen LogP contribution in [0.25, 0.3) is 0 Å². The van der Waals surface area contributed by atoms with Gasteiger partial charge in [-0.25, -0.2) is 4.79 Å². The SMILES string of the molecule is CSCCC(N)C(=O)NCC(=O)NC(CCSC)C(=O)NC(CO)C(=O)O. The maximum Gasteiger partial charge on any atom is 0.328 e. The van der Waals surface area contributed by atoms with Gasteiger partial charge in [0, 0.05) is 0 Å². The molecule has 0 saturated heterocycles.